The van der Waals surface area contributed by atoms with E-state index in [9.17, 15) is 10.2 Å². The van der Waals surface area contributed by atoms with Crippen LogP contribution >= 0.6 is 0 Å². The first-order valence-corrected chi connectivity index (χ1v) is 12.6. The van der Waals surface area contributed by atoms with Crippen LogP contribution in [0.4, 0.5) is 0 Å². The van der Waals surface area contributed by atoms with Gasteiger partial charge in [0.1, 0.15) is 0 Å². The number of hydrogen-bond acceptors (Lipinski definition) is 2. The maximum Gasteiger partial charge on any atom is 0.0627 e. The lowest BCUT2D eigenvalue weighted by molar-refractivity contribution is 0.00407. The lowest BCUT2D eigenvalue weighted by Gasteiger charge is -2.44. The fourth-order valence-corrected chi connectivity index (χ4v) is 6.55. The lowest BCUT2D eigenvalue weighted by Crippen LogP contribution is -2.36. The zero-order valence-electron chi connectivity index (χ0n) is 20.1. The van der Waals surface area contributed by atoms with E-state index in [-0.39, 0.29) is 5.92 Å². The quantitative estimate of drug-likeness (QED) is 0.515. The summed E-state index contributed by atoms with van der Waals surface area (Å²) in [5.74, 6) is 2.47. The molecule has 0 amide bonds. The number of aliphatic hydroxyl groups excluding tert-OH is 2. The molecule has 3 aliphatic carbocycles. The van der Waals surface area contributed by atoms with Crippen molar-refractivity contribution in [1.82, 2.24) is 0 Å². The monoisotopic (exact) mass is 404 g/mol. The molecule has 0 radical (unpaired) electrons. The number of unbranched alkanes of at least 4 members (excludes halogenated alkanes) is 1. The average Bonchev–Trinajstić information content (AvgIpc) is 3.07. The van der Waals surface area contributed by atoms with Gasteiger partial charge in [0.25, 0.3) is 0 Å². The molecule has 2 heteroatoms. The van der Waals surface area contributed by atoms with Gasteiger partial charge >= 0.3 is 0 Å². The molecule has 0 aromatic rings. The standard InChI is InChI=1S/C25H42O2.C2H6/c1-5-6-8-17(2)21-12-13-22-20(9-7-14-25(21,22)4)11-10-19-15-23(26)18(3)24(27)16-19;1-2/h10-11,17-18,21-24,26-27H,5-9,12-16H2,1-4H3;1-2H3/b19-10?,20-11+;/t17?,18?,21?,22-,23+,24?,25+;/m0./s1. The van der Waals surface area contributed by atoms with Crippen LogP contribution in [0.5, 0.6) is 0 Å². The molecule has 0 aromatic heterocycles. The number of rotatable bonds is 5. The number of hydrogen-bond donors (Lipinski definition) is 2. The highest BCUT2D eigenvalue weighted by molar-refractivity contribution is 5.26. The molecule has 7 atom stereocenters. The second-order valence-electron chi connectivity index (χ2n) is 10.2. The van der Waals surface area contributed by atoms with E-state index in [1.165, 1.54) is 56.9 Å². The van der Waals surface area contributed by atoms with E-state index in [1.54, 1.807) is 5.57 Å². The van der Waals surface area contributed by atoms with Crippen LogP contribution in [-0.4, -0.2) is 22.4 Å². The minimum atomic E-state index is -0.398. The molecule has 3 rings (SSSR count). The third-order valence-corrected chi connectivity index (χ3v) is 8.43. The van der Waals surface area contributed by atoms with Gasteiger partial charge in [0.05, 0.1) is 12.2 Å². The molecular formula is C27H48O2. The Kier molecular flexibility index (Phi) is 9.48. The third kappa shape index (κ3) is 5.56. The SMILES string of the molecule is CC.CCCCC(C)C1CC[C@H]2/C(=C/C=C3CC(O)C(C)[C@H](O)C3)CCC[C@]12C. The van der Waals surface area contributed by atoms with Gasteiger partial charge in [-0.2, -0.15) is 0 Å². The van der Waals surface area contributed by atoms with Gasteiger partial charge in [-0.05, 0) is 68.1 Å². The molecule has 3 aliphatic rings. The molecule has 2 nitrogen and oxygen atoms in total. The van der Waals surface area contributed by atoms with Crippen molar-refractivity contribution >= 4 is 0 Å². The van der Waals surface area contributed by atoms with Gasteiger partial charge in [-0.15, -0.1) is 0 Å². The summed E-state index contributed by atoms with van der Waals surface area (Å²) in [7, 11) is 0. The van der Waals surface area contributed by atoms with Crippen LogP contribution in [0.15, 0.2) is 23.3 Å². The molecule has 3 fully saturated rings. The topological polar surface area (TPSA) is 40.5 Å². The minimum absolute atomic E-state index is 0.00651. The predicted molar refractivity (Wildman–Crippen MR) is 125 cm³/mol. The second kappa shape index (κ2) is 11.1. The van der Waals surface area contributed by atoms with Crippen molar-refractivity contribution < 1.29 is 10.2 Å². The first-order chi connectivity index (χ1) is 13.9. The molecule has 0 saturated heterocycles. The molecule has 0 aromatic carbocycles. The fourth-order valence-electron chi connectivity index (χ4n) is 6.55. The van der Waals surface area contributed by atoms with Crippen LogP contribution in [0.3, 0.4) is 0 Å². The number of allylic oxidation sites excluding steroid dienone is 3. The van der Waals surface area contributed by atoms with E-state index in [2.05, 4.69) is 32.9 Å². The molecule has 168 valence electrons. The van der Waals surface area contributed by atoms with Crippen LogP contribution in [0.1, 0.15) is 106 Å². The molecule has 29 heavy (non-hydrogen) atoms. The van der Waals surface area contributed by atoms with Crippen molar-refractivity contribution in [3.05, 3.63) is 23.3 Å². The lowest BCUT2D eigenvalue weighted by atomic mass is 9.60. The summed E-state index contributed by atoms with van der Waals surface area (Å²) in [4.78, 5) is 0. The predicted octanol–water partition coefficient (Wildman–Crippen LogP) is 7.06. The Hall–Kier alpha value is -0.600. The highest BCUT2D eigenvalue weighted by atomic mass is 16.3. The van der Waals surface area contributed by atoms with Crippen molar-refractivity contribution in [3.8, 4) is 0 Å². The van der Waals surface area contributed by atoms with Gasteiger partial charge < -0.3 is 10.2 Å². The van der Waals surface area contributed by atoms with Gasteiger partial charge in [0.2, 0.25) is 0 Å². The highest BCUT2D eigenvalue weighted by Crippen LogP contribution is 2.59. The summed E-state index contributed by atoms with van der Waals surface area (Å²) in [5.41, 5.74) is 3.35. The first-order valence-electron chi connectivity index (χ1n) is 12.6. The largest absolute Gasteiger partial charge is 0.392 e. The Morgan fingerprint density at radius 1 is 1.10 bits per heavy atom. The fraction of sp³-hybridized carbons (Fsp3) is 0.852. The summed E-state index contributed by atoms with van der Waals surface area (Å²) in [6.07, 6.45) is 16.0. The zero-order chi connectivity index (χ0) is 21.6. The van der Waals surface area contributed by atoms with Crippen molar-refractivity contribution in [3.63, 3.8) is 0 Å². The minimum Gasteiger partial charge on any atom is -0.392 e. The van der Waals surface area contributed by atoms with E-state index in [0.29, 0.717) is 5.41 Å². The smallest absolute Gasteiger partial charge is 0.0627 e. The highest BCUT2D eigenvalue weighted by Gasteiger charge is 2.50. The molecular weight excluding hydrogens is 356 g/mol. The van der Waals surface area contributed by atoms with E-state index in [1.807, 2.05) is 20.8 Å². The molecule has 0 aliphatic heterocycles. The van der Waals surface area contributed by atoms with Gasteiger partial charge in [-0.1, -0.05) is 84.1 Å². The second-order valence-corrected chi connectivity index (χ2v) is 10.2. The molecule has 0 spiro atoms. The van der Waals surface area contributed by atoms with Gasteiger partial charge in [0, 0.05) is 5.92 Å². The molecule has 0 bridgehead atoms. The van der Waals surface area contributed by atoms with Crippen LogP contribution in [0.2, 0.25) is 0 Å². The summed E-state index contributed by atoms with van der Waals surface area (Å²) in [5, 5.41) is 20.4. The van der Waals surface area contributed by atoms with Gasteiger partial charge in [0.15, 0.2) is 0 Å². The van der Waals surface area contributed by atoms with Crippen LogP contribution in [0, 0.1) is 29.1 Å². The first kappa shape index (κ1) is 24.7. The van der Waals surface area contributed by atoms with E-state index >= 15 is 0 Å². The number of aliphatic hydroxyl groups is 2. The summed E-state index contributed by atoms with van der Waals surface area (Å²) >= 11 is 0. The van der Waals surface area contributed by atoms with E-state index in [0.717, 1.165) is 30.6 Å². The van der Waals surface area contributed by atoms with Crippen LogP contribution < -0.4 is 0 Å². The van der Waals surface area contributed by atoms with Crippen molar-refractivity contribution in [2.45, 2.75) is 118 Å². The maximum absolute atomic E-state index is 10.2. The normalized spacial score (nSPS) is 41.0. The zero-order valence-corrected chi connectivity index (χ0v) is 20.1. The Balaban J connectivity index is 0.00000145. The van der Waals surface area contributed by atoms with Crippen molar-refractivity contribution in [2.24, 2.45) is 29.1 Å². The van der Waals surface area contributed by atoms with Gasteiger partial charge in [-0.3, -0.25) is 0 Å². The maximum atomic E-state index is 10.2. The third-order valence-electron chi connectivity index (χ3n) is 8.43. The van der Waals surface area contributed by atoms with Gasteiger partial charge in [-0.25, -0.2) is 0 Å². The number of fused-ring (bicyclic) bond motifs is 1. The Morgan fingerprint density at radius 2 is 1.76 bits per heavy atom. The summed E-state index contributed by atoms with van der Waals surface area (Å²) in [6.45, 7) is 13.3. The van der Waals surface area contributed by atoms with Crippen molar-refractivity contribution in [2.75, 3.05) is 0 Å². The van der Waals surface area contributed by atoms with E-state index < -0.39 is 12.2 Å². The summed E-state index contributed by atoms with van der Waals surface area (Å²) < 4.78 is 0. The Bertz CT molecular complexity index is 549. The Labute approximate surface area is 180 Å². The average molecular weight is 405 g/mol. The van der Waals surface area contributed by atoms with Crippen LogP contribution in [0.25, 0.3) is 0 Å². The summed E-state index contributed by atoms with van der Waals surface area (Å²) in [6, 6.07) is 0. The molecule has 3 saturated carbocycles. The molecule has 4 unspecified atom stereocenters. The van der Waals surface area contributed by atoms with Crippen molar-refractivity contribution in [1.29, 1.82) is 0 Å². The van der Waals surface area contributed by atoms with E-state index in [4.69, 9.17) is 0 Å². The molecule has 0 heterocycles. The molecule has 2 N–H and O–H groups in total. The van der Waals surface area contributed by atoms with Crippen LogP contribution in [-0.2, 0) is 0 Å². The Morgan fingerprint density at radius 3 is 2.38 bits per heavy atom.